The molecule has 0 rings (SSSR count). The van der Waals surface area contributed by atoms with Crippen molar-refractivity contribution in [2.24, 2.45) is 5.92 Å². The second kappa shape index (κ2) is 6.66. The maximum Gasteiger partial charge on any atom is 0.00895 e. The molecule has 0 heterocycles. The van der Waals surface area contributed by atoms with Crippen molar-refractivity contribution >= 4 is 0 Å². The van der Waals surface area contributed by atoms with E-state index in [1.165, 1.54) is 25.7 Å². The third kappa shape index (κ3) is 4.41. The van der Waals surface area contributed by atoms with E-state index in [9.17, 15) is 0 Å². The summed E-state index contributed by atoms with van der Waals surface area (Å²) in [5.74, 6) is 0.826. The molecule has 2 unspecified atom stereocenters. The second-order valence-electron chi connectivity index (χ2n) is 3.42. The maximum absolute atomic E-state index is 3.39. The molecule has 0 spiro atoms. The topological polar surface area (TPSA) is 12.0 Å². The Morgan fingerprint density at radius 3 is 2.27 bits per heavy atom. The Hall–Kier alpha value is -0.0400. The molecule has 0 aliphatic rings. The number of rotatable bonds is 6. The Morgan fingerprint density at radius 1 is 1.27 bits per heavy atom. The molecule has 0 saturated heterocycles. The first-order valence-electron chi connectivity index (χ1n) is 4.93. The summed E-state index contributed by atoms with van der Waals surface area (Å²) in [5.41, 5.74) is 0. The van der Waals surface area contributed by atoms with Gasteiger partial charge >= 0.3 is 0 Å². The van der Waals surface area contributed by atoms with Gasteiger partial charge in [0.25, 0.3) is 0 Å². The quantitative estimate of drug-likeness (QED) is 0.625. The van der Waals surface area contributed by atoms with Crippen molar-refractivity contribution in [3.05, 3.63) is 0 Å². The molecule has 0 aliphatic carbocycles. The van der Waals surface area contributed by atoms with Gasteiger partial charge in [0, 0.05) is 6.04 Å². The van der Waals surface area contributed by atoms with Gasteiger partial charge in [0.15, 0.2) is 0 Å². The maximum atomic E-state index is 3.39. The Balaban J connectivity index is 3.56. The van der Waals surface area contributed by atoms with Crippen LogP contribution in [0.5, 0.6) is 0 Å². The number of hydrogen-bond acceptors (Lipinski definition) is 1. The molecule has 0 aliphatic heterocycles. The van der Waals surface area contributed by atoms with Gasteiger partial charge in [-0.15, -0.1) is 0 Å². The fraction of sp³-hybridized carbons (Fsp3) is 1.00. The summed E-state index contributed by atoms with van der Waals surface area (Å²) in [6, 6.07) is 0.736. The zero-order valence-electron chi connectivity index (χ0n) is 8.48. The van der Waals surface area contributed by atoms with Crippen LogP contribution in [0.1, 0.15) is 46.5 Å². The lowest BCUT2D eigenvalue weighted by atomic mass is 9.95. The lowest BCUT2D eigenvalue weighted by Crippen LogP contribution is -2.31. The number of unbranched alkanes of at least 4 members (excludes halogenated alkanes) is 1. The normalized spacial score (nSPS) is 16.4. The summed E-state index contributed by atoms with van der Waals surface area (Å²) in [5, 5.41) is 3.39. The van der Waals surface area contributed by atoms with Crippen LogP contribution >= 0.6 is 0 Å². The van der Waals surface area contributed by atoms with Crippen molar-refractivity contribution in [2.45, 2.75) is 52.5 Å². The van der Waals surface area contributed by atoms with E-state index in [1.54, 1.807) is 0 Å². The molecular formula is C10H23N. The molecule has 0 bridgehead atoms. The van der Waals surface area contributed by atoms with Gasteiger partial charge in [-0.05, 0) is 19.4 Å². The van der Waals surface area contributed by atoms with Crippen LogP contribution in [-0.2, 0) is 0 Å². The Labute approximate surface area is 71.6 Å². The molecule has 0 aromatic heterocycles. The minimum absolute atomic E-state index is 0.736. The van der Waals surface area contributed by atoms with Crippen LogP contribution in [0.2, 0.25) is 0 Å². The average molecular weight is 157 g/mol. The zero-order valence-corrected chi connectivity index (χ0v) is 8.48. The van der Waals surface area contributed by atoms with Crippen molar-refractivity contribution in [1.82, 2.24) is 5.32 Å². The van der Waals surface area contributed by atoms with Crippen LogP contribution in [0.3, 0.4) is 0 Å². The molecule has 0 saturated carbocycles. The first-order chi connectivity index (χ1) is 5.26. The summed E-state index contributed by atoms with van der Waals surface area (Å²) < 4.78 is 0. The third-order valence-corrected chi connectivity index (χ3v) is 2.57. The smallest absolute Gasteiger partial charge is 0.00895 e. The highest BCUT2D eigenvalue weighted by atomic mass is 14.9. The minimum Gasteiger partial charge on any atom is -0.317 e. The van der Waals surface area contributed by atoms with E-state index < -0.39 is 0 Å². The lowest BCUT2D eigenvalue weighted by molar-refractivity contribution is 0.360. The Kier molecular flexibility index (Phi) is 6.63. The van der Waals surface area contributed by atoms with E-state index >= 15 is 0 Å². The van der Waals surface area contributed by atoms with E-state index in [4.69, 9.17) is 0 Å². The summed E-state index contributed by atoms with van der Waals surface area (Å²) in [4.78, 5) is 0. The fourth-order valence-corrected chi connectivity index (χ4v) is 1.42. The SMILES string of the molecule is CCCCC(NC)C(C)CC. The summed E-state index contributed by atoms with van der Waals surface area (Å²) in [7, 11) is 2.08. The molecule has 1 N–H and O–H groups in total. The zero-order chi connectivity index (χ0) is 8.69. The van der Waals surface area contributed by atoms with E-state index in [0.717, 1.165) is 12.0 Å². The van der Waals surface area contributed by atoms with Crippen molar-refractivity contribution in [3.8, 4) is 0 Å². The lowest BCUT2D eigenvalue weighted by Gasteiger charge is -2.21. The standard InChI is InChI=1S/C10H23N/c1-5-7-8-10(11-4)9(3)6-2/h9-11H,5-8H2,1-4H3. The first-order valence-corrected chi connectivity index (χ1v) is 4.93. The van der Waals surface area contributed by atoms with Crippen LogP contribution in [0, 0.1) is 5.92 Å². The van der Waals surface area contributed by atoms with Gasteiger partial charge in [-0.3, -0.25) is 0 Å². The molecule has 1 nitrogen and oxygen atoms in total. The van der Waals surface area contributed by atoms with Gasteiger partial charge in [0.1, 0.15) is 0 Å². The summed E-state index contributed by atoms with van der Waals surface area (Å²) in [6.45, 7) is 6.85. The Bertz CT molecular complexity index is 80.9. The predicted octanol–water partition coefficient (Wildman–Crippen LogP) is 2.81. The van der Waals surface area contributed by atoms with E-state index in [0.29, 0.717) is 0 Å². The van der Waals surface area contributed by atoms with Crippen LogP contribution in [0.25, 0.3) is 0 Å². The fourth-order valence-electron chi connectivity index (χ4n) is 1.42. The van der Waals surface area contributed by atoms with Gasteiger partial charge in [-0.2, -0.15) is 0 Å². The second-order valence-corrected chi connectivity index (χ2v) is 3.42. The van der Waals surface area contributed by atoms with E-state index in [2.05, 4.69) is 33.1 Å². The largest absolute Gasteiger partial charge is 0.317 e. The van der Waals surface area contributed by atoms with Crippen LogP contribution in [-0.4, -0.2) is 13.1 Å². The van der Waals surface area contributed by atoms with Gasteiger partial charge in [-0.1, -0.05) is 40.0 Å². The van der Waals surface area contributed by atoms with E-state index in [-0.39, 0.29) is 0 Å². The van der Waals surface area contributed by atoms with Crippen molar-refractivity contribution in [2.75, 3.05) is 7.05 Å². The first kappa shape index (κ1) is 11.0. The predicted molar refractivity (Wildman–Crippen MR) is 51.8 cm³/mol. The number of nitrogens with one attached hydrogen (secondary N) is 1. The van der Waals surface area contributed by atoms with Gasteiger partial charge in [0.05, 0.1) is 0 Å². The van der Waals surface area contributed by atoms with Crippen LogP contribution < -0.4 is 5.32 Å². The van der Waals surface area contributed by atoms with Crippen molar-refractivity contribution in [3.63, 3.8) is 0 Å². The molecule has 0 aromatic carbocycles. The highest BCUT2D eigenvalue weighted by Crippen LogP contribution is 2.12. The molecule has 0 fully saturated rings. The van der Waals surface area contributed by atoms with Gasteiger partial charge in [-0.25, -0.2) is 0 Å². The van der Waals surface area contributed by atoms with Gasteiger partial charge in [0.2, 0.25) is 0 Å². The average Bonchev–Trinajstić information content (AvgIpc) is 2.05. The molecule has 0 aromatic rings. The van der Waals surface area contributed by atoms with Crippen molar-refractivity contribution in [1.29, 1.82) is 0 Å². The molecule has 11 heavy (non-hydrogen) atoms. The van der Waals surface area contributed by atoms with Crippen molar-refractivity contribution < 1.29 is 0 Å². The minimum atomic E-state index is 0.736. The van der Waals surface area contributed by atoms with Crippen LogP contribution in [0.4, 0.5) is 0 Å². The molecule has 2 atom stereocenters. The number of hydrogen-bond donors (Lipinski definition) is 1. The molecule has 68 valence electrons. The monoisotopic (exact) mass is 157 g/mol. The molecule has 0 radical (unpaired) electrons. The Morgan fingerprint density at radius 2 is 1.91 bits per heavy atom. The highest BCUT2D eigenvalue weighted by Gasteiger charge is 2.11. The molecular weight excluding hydrogens is 134 g/mol. The molecule has 0 amide bonds. The van der Waals surface area contributed by atoms with Gasteiger partial charge < -0.3 is 5.32 Å². The summed E-state index contributed by atoms with van der Waals surface area (Å²) in [6.07, 6.45) is 5.29. The van der Waals surface area contributed by atoms with E-state index in [1.807, 2.05) is 0 Å². The third-order valence-electron chi connectivity index (χ3n) is 2.57. The highest BCUT2D eigenvalue weighted by molar-refractivity contribution is 4.69. The molecule has 1 heteroatoms. The summed E-state index contributed by atoms with van der Waals surface area (Å²) >= 11 is 0. The van der Waals surface area contributed by atoms with Crippen LogP contribution in [0.15, 0.2) is 0 Å².